The fourth-order valence-electron chi connectivity index (χ4n) is 3.94. The first-order valence-corrected chi connectivity index (χ1v) is 11.8. The first-order valence-electron chi connectivity index (χ1n) is 10.4. The van der Waals surface area contributed by atoms with E-state index in [9.17, 15) is 13.2 Å². The number of hydrogen-bond donors (Lipinski definition) is 0. The lowest BCUT2D eigenvalue weighted by Gasteiger charge is -2.13. The maximum atomic E-state index is 13.0. The Morgan fingerprint density at radius 3 is 2.24 bits per heavy atom. The lowest BCUT2D eigenvalue weighted by Crippen LogP contribution is -2.22. The lowest BCUT2D eigenvalue weighted by atomic mass is 10.0. The minimum Gasteiger partial charge on any atom is -0.296 e. The highest BCUT2D eigenvalue weighted by atomic mass is 32.2. The number of aromatic nitrogens is 3. The Kier molecular flexibility index (Phi) is 4.92. The topological polar surface area (TPSA) is 76.7 Å². The van der Waals surface area contributed by atoms with Gasteiger partial charge in [-0.05, 0) is 35.4 Å². The van der Waals surface area contributed by atoms with Crippen LogP contribution in [0.25, 0.3) is 38.9 Å². The van der Waals surface area contributed by atoms with E-state index in [2.05, 4.69) is 0 Å². The van der Waals surface area contributed by atoms with Crippen molar-refractivity contribution >= 4 is 26.6 Å². The fraction of sp³-hybridized carbons (Fsp3) is 0.120. The molecule has 2 heterocycles. The van der Waals surface area contributed by atoms with E-state index < -0.39 is 10.0 Å². The summed E-state index contributed by atoms with van der Waals surface area (Å²) in [6.45, 7) is 0. The van der Waals surface area contributed by atoms with E-state index in [0.29, 0.717) is 16.6 Å². The third-order valence-electron chi connectivity index (χ3n) is 5.81. The molecule has 8 heteroatoms. The molecular weight excluding hydrogens is 436 g/mol. The zero-order chi connectivity index (χ0) is 23.3. The smallest absolute Gasteiger partial charge is 0.261 e. The van der Waals surface area contributed by atoms with Crippen LogP contribution in [0, 0.1) is 0 Å². The average Bonchev–Trinajstić information content (AvgIpc) is 3.29. The Balaban J connectivity index is 1.74. The summed E-state index contributed by atoms with van der Waals surface area (Å²) in [5.74, 6) is 0. The van der Waals surface area contributed by atoms with Gasteiger partial charge in [0, 0.05) is 32.8 Å². The van der Waals surface area contributed by atoms with Crippen LogP contribution in [0.15, 0.2) is 88.6 Å². The molecule has 2 aromatic heterocycles. The second-order valence-electron chi connectivity index (χ2n) is 8.08. The Morgan fingerprint density at radius 1 is 0.818 bits per heavy atom. The van der Waals surface area contributed by atoms with Gasteiger partial charge < -0.3 is 0 Å². The van der Waals surface area contributed by atoms with Crippen molar-refractivity contribution < 1.29 is 8.42 Å². The first kappa shape index (κ1) is 21.1. The Labute approximate surface area is 191 Å². The monoisotopic (exact) mass is 458 g/mol. The molecule has 5 aromatic rings. The SMILES string of the molecule is CN(C)S(=O)(=O)c1cccc(-c2ccc3c(=O)n(C)c4cc(-c5ccccc5)nn4c3c2)c1. The van der Waals surface area contributed by atoms with E-state index in [0.717, 1.165) is 22.4 Å². The summed E-state index contributed by atoms with van der Waals surface area (Å²) in [6.07, 6.45) is 0. The predicted octanol–water partition coefficient (Wildman–Crippen LogP) is 3.77. The molecule has 5 rings (SSSR count). The first-order chi connectivity index (χ1) is 15.8. The highest BCUT2D eigenvalue weighted by Crippen LogP contribution is 2.28. The van der Waals surface area contributed by atoms with E-state index >= 15 is 0 Å². The Hall–Kier alpha value is -3.75. The lowest BCUT2D eigenvalue weighted by molar-refractivity contribution is 0.521. The Morgan fingerprint density at radius 2 is 1.52 bits per heavy atom. The van der Waals surface area contributed by atoms with Gasteiger partial charge in [-0.3, -0.25) is 9.36 Å². The number of fused-ring (bicyclic) bond motifs is 3. The van der Waals surface area contributed by atoms with Crippen molar-refractivity contribution in [2.45, 2.75) is 4.90 Å². The molecule has 0 spiro atoms. The van der Waals surface area contributed by atoms with Gasteiger partial charge in [-0.25, -0.2) is 17.2 Å². The van der Waals surface area contributed by atoms with Gasteiger partial charge in [0.15, 0.2) is 0 Å². The zero-order valence-corrected chi connectivity index (χ0v) is 19.2. The summed E-state index contributed by atoms with van der Waals surface area (Å²) >= 11 is 0. The van der Waals surface area contributed by atoms with Crippen molar-refractivity contribution in [1.29, 1.82) is 0 Å². The van der Waals surface area contributed by atoms with Crippen molar-refractivity contribution in [2.75, 3.05) is 14.1 Å². The molecule has 0 aliphatic carbocycles. The molecule has 0 aliphatic rings. The van der Waals surface area contributed by atoms with Gasteiger partial charge in [0.05, 0.1) is 21.5 Å². The van der Waals surface area contributed by atoms with E-state index in [1.807, 2.05) is 54.6 Å². The van der Waals surface area contributed by atoms with Crippen LogP contribution in [0.1, 0.15) is 0 Å². The average molecular weight is 459 g/mol. The molecule has 0 aliphatic heterocycles. The van der Waals surface area contributed by atoms with Crippen molar-refractivity contribution in [1.82, 2.24) is 18.5 Å². The molecule has 0 saturated heterocycles. The number of rotatable bonds is 4. The van der Waals surface area contributed by atoms with Crippen LogP contribution in [-0.2, 0) is 17.1 Å². The van der Waals surface area contributed by atoms with Gasteiger partial charge in [0.25, 0.3) is 5.56 Å². The van der Waals surface area contributed by atoms with Gasteiger partial charge >= 0.3 is 0 Å². The van der Waals surface area contributed by atoms with Crippen LogP contribution in [0.3, 0.4) is 0 Å². The number of benzene rings is 3. The van der Waals surface area contributed by atoms with E-state index in [1.54, 1.807) is 40.4 Å². The van der Waals surface area contributed by atoms with Gasteiger partial charge in [-0.15, -0.1) is 0 Å². The zero-order valence-electron chi connectivity index (χ0n) is 18.4. The second kappa shape index (κ2) is 7.68. The minimum absolute atomic E-state index is 0.118. The van der Waals surface area contributed by atoms with Crippen LogP contribution in [-0.4, -0.2) is 41.0 Å². The maximum Gasteiger partial charge on any atom is 0.261 e. The van der Waals surface area contributed by atoms with Crippen molar-refractivity contribution in [3.63, 3.8) is 0 Å². The van der Waals surface area contributed by atoms with Crippen molar-refractivity contribution in [2.24, 2.45) is 7.05 Å². The summed E-state index contributed by atoms with van der Waals surface area (Å²) in [5, 5.41) is 5.32. The summed E-state index contributed by atoms with van der Waals surface area (Å²) in [4.78, 5) is 13.2. The van der Waals surface area contributed by atoms with Gasteiger partial charge in [0.1, 0.15) is 5.65 Å². The quantitative estimate of drug-likeness (QED) is 0.411. The molecule has 7 nitrogen and oxygen atoms in total. The number of aryl methyl sites for hydroxylation is 1. The standard InChI is InChI=1S/C25H22N4O3S/c1-27(2)33(31,32)20-11-7-10-18(14-20)19-12-13-21-23(15-19)29-24(28(3)25(21)30)16-22(26-29)17-8-5-4-6-9-17/h4-16H,1-3H3. The van der Waals surface area contributed by atoms with Crippen LogP contribution < -0.4 is 5.56 Å². The van der Waals surface area contributed by atoms with Gasteiger partial charge in [-0.2, -0.15) is 5.10 Å². The van der Waals surface area contributed by atoms with E-state index in [-0.39, 0.29) is 10.5 Å². The summed E-state index contributed by atoms with van der Waals surface area (Å²) in [5.41, 5.74) is 4.48. The highest BCUT2D eigenvalue weighted by molar-refractivity contribution is 7.89. The number of nitrogens with zero attached hydrogens (tertiary/aromatic N) is 4. The van der Waals surface area contributed by atoms with Crippen LogP contribution >= 0.6 is 0 Å². The predicted molar refractivity (Wildman–Crippen MR) is 130 cm³/mol. The third-order valence-corrected chi connectivity index (χ3v) is 7.62. The largest absolute Gasteiger partial charge is 0.296 e. The normalized spacial score (nSPS) is 12.1. The molecule has 0 atom stereocenters. The van der Waals surface area contributed by atoms with E-state index in [4.69, 9.17) is 5.10 Å². The molecule has 0 N–H and O–H groups in total. The van der Waals surface area contributed by atoms with Crippen LogP contribution in [0.4, 0.5) is 0 Å². The molecule has 0 radical (unpaired) electrons. The molecule has 0 saturated carbocycles. The number of hydrogen-bond acceptors (Lipinski definition) is 4. The molecule has 3 aromatic carbocycles. The minimum atomic E-state index is -3.56. The van der Waals surface area contributed by atoms with Crippen molar-refractivity contribution in [3.8, 4) is 22.4 Å². The maximum absolute atomic E-state index is 13.0. The van der Waals surface area contributed by atoms with Gasteiger partial charge in [0.2, 0.25) is 10.0 Å². The van der Waals surface area contributed by atoms with Crippen molar-refractivity contribution in [3.05, 3.63) is 89.2 Å². The van der Waals surface area contributed by atoms with E-state index in [1.165, 1.54) is 18.4 Å². The molecule has 0 bridgehead atoms. The number of sulfonamides is 1. The summed E-state index contributed by atoms with van der Waals surface area (Å²) in [6, 6.07) is 24.0. The molecular formula is C25H22N4O3S. The summed E-state index contributed by atoms with van der Waals surface area (Å²) < 4.78 is 29.7. The van der Waals surface area contributed by atoms with Crippen LogP contribution in [0.2, 0.25) is 0 Å². The van der Waals surface area contributed by atoms with Gasteiger partial charge in [-0.1, -0.05) is 48.5 Å². The second-order valence-corrected chi connectivity index (χ2v) is 10.2. The molecule has 33 heavy (non-hydrogen) atoms. The third kappa shape index (κ3) is 3.44. The fourth-order valence-corrected chi connectivity index (χ4v) is 4.88. The molecule has 0 fully saturated rings. The van der Waals surface area contributed by atoms with Crippen LogP contribution in [0.5, 0.6) is 0 Å². The highest BCUT2D eigenvalue weighted by Gasteiger charge is 2.18. The Bertz CT molecular complexity index is 1680. The molecule has 0 amide bonds. The molecule has 0 unspecified atom stereocenters. The molecule has 166 valence electrons. The summed E-state index contributed by atoms with van der Waals surface area (Å²) in [7, 11) is 1.18.